The minimum absolute atomic E-state index is 0.0126. The number of halogens is 3. The molecule has 9 heteroatoms. The fraction of sp³-hybridized carbons (Fsp3) is 0.167. The summed E-state index contributed by atoms with van der Waals surface area (Å²) in [5.41, 5.74) is -0.428. The second-order valence-corrected chi connectivity index (χ2v) is 8.22. The monoisotopic (exact) mass is 396 g/mol. The summed E-state index contributed by atoms with van der Waals surface area (Å²) in [6.45, 7) is 0.507. The van der Waals surface area contributed by atoms with Crippen LogP contribution in [0.2, 0.25) is 0 Å². The number of sulfonamides is 1. The predicted molar refractivity (Wildman–Crippen MR) is 81.9 cm³/mol. The highest BCUT2D eigenvalue weighted by Gasteiger charge is 2.22. The second kappa shape index (κ2) is 6.39. The molecule has 0 spiro atoms. The van der Waals surface area contributed by atoms with Crippen molar-refractivity contribution in [3.8, 4) is 0 Å². The zero-order valence-electron chi connectivity index (χ0n) is 10.8. The lowest BCUT2D eigenvalue weighted by molar-refractivity contribution is 0.594. The molecule has 0 amide bonds. The van der Waals surface area contributed by atoms with E-state index in [1.54, 1.807) is 7.05 Å². The first kappa shape index (κ1) is 16.3. The van der Waals surface area contributed by atoms with E-state index in [2.05, 4.69) is 26.0 Å². The molecule has 0 bridgehead atoms. The molecule has 0 aliphatic rings. The third-order valence-electron chi connectivity index (χ3n) is 2.52. The lowest BCUT2D eigenvalue weighted by Gasteiger charge is -2.08. The average molecular weight is 397 g/mol. The molecule has 0 saturated carbocycles. The molecular formula is C12H11BrF2N2O2S2. The molecule has 1 aromatic carbocycles. The molecule has 1 aromatic heterocycles. The number of benzene rings is 1. The van der Waals surface area contributed by atoms with Crippen molar-refractivity contribution in [3.63, 3.8) is 0 Å². The summed E-state index contributed by atoms with van der Waals surface area (Å²) in [6.07, 6.45) is 0. The number of thiophene rings is 1. The number of hydrogen-bond donors (Lipinski definition) is 2. The van der Waals surface area contributed by atoms with E-state index in [-0.39, 0.29) is 4.90 Å². The molecule has 114 valence electrons. The molecular weight excluding hydrogens is 386 g/mol. The Morgan fingerprint density at radius 1 is 1.29 bits per heavy atom. The van der Waals surface area contributed by atoms with E-state index < -0.39 is 27.3 Å². The van der Waals surface area contributed by atoms with Crippen molar-refractivity contribution in [1.29, 1.82) is 0 Å². The van der Waals surface area contributed by atoms with Gasteiger partial charge >= 0.3 is 0 Å². The first-order valence-electron chi connectivity index (χ1n) is 5.74. The normalized spacial score (nSPS) is 11.6. The van der Waals surface area contributed by atoms with E-state index in [4.69, 9.17) is 0 Å². The maximum atomic E-state index is 13.5. The third-order valence-corrected chi connectivity index (χ3v) is 6.14. The van der Waals surface area contributed by atoms with Crippen molar-refractivity contribution in [1.82, 2.24) is 5.32 Å². The highest BCUT2D eigenvalue weighted by atomic mass is 79.9. The Balaban J connectivity index is 2.36. The van der Waals surface area contributed by atoms with Crippen LogP contribution in [-0.4, -0.2) is 15.5 Å². The van der Waals surface area contributed by atoms with Gasteiger partial charge in [-0.1, -0.05) is 0 Å². The molecule has 0 radical (unpaired) electrons. The van der Waals surface area contributed by atoms with Crippen LogP contribution in [0.5, 0.6) is 0 Å². The summed E-state index contributed by atoms with van der Waals surface area (Å²) in [5.74, 6) is -1.57. The van der Waals surface area contributed by atoms with Crippen LogP contribution in [0, 0.1) is 11.6 Å². The fourth-order valence-corrected chi connectivity index (χ4v) is 5.37. The van der Waals surface area contributed by atoms with Gasteiger partial charge in [0, 0.05) is 17.5 Å². The van der Waals surface area contributed by atoms with Gasteiger partial charge in [-0.2, -0.15) is 0 Å². The summed E-state index contributed by atoms with van der Waals surface area (Å²) < 4.78 is 53.6. The number of hydrogen-bond acceptors (Lipinski definition) is 4. The van der Waals surface area contributed by atoms with Gasteiger partial charge in [0.1, 0.15) is 16.5 Å². The fourth-order valence-electron chi connectivity index (χ4n) is 1.62. The first-order valence-corrected chi connectivity index (χ1v) is 8.83. The van der Waals surface area contributed by atoms with Gasteiger partial charge in [-0.05, 0) is 41.2 Å². The van der Waals surface area contributed by atoms with Crippen LogP contribution in [0.25, 0.3) is 0 Å². The Bertz CT molecular complexity index is 763. The molecule has 2 rings (SSSR count). The maximum Gasteiger partial charge on any atom is 0.263 e. The molecule has 0 fully saturated rings. The van der Waals surface area contributed by atoms with Gasteiger partial charge in [-0.15, -0.1) is 11.3 Å². The Morgan fingerprint density at radius 2 is 2.00 bits per heavy atom. The van der Waals surface area contributed by atoms with E-state index in [0.29, 0.717) is 10.3 Å². The summed E-state index contributed by atoms with van der Waals surface area (Å²) in [7, 11) is -2.26. The SMILES string of the molecule is CNCc1cc(S(=O)(=O)Nc2cc(F)ccc2F)c(Br)s1. The Labute approximate surface area is 133 Å². The molecule has 2 aromatic rings. The third kappa shape index (κ3) is 3.79. The van der Waals surface area contributed by atoms with Crippen molar-refractivity contribution in [2.24, 2.45) is 0 Å². The smallest absolute Gasteiger partial charge is 0.263 e. The van der Waals surface area contributed by atoms with Gasteiger partial charge in [0.05, 0.1) is 9.47 Å². The van der Waals surface area contributed by atoms with Gasteiger partial charge < -0.3 is 5.32 Å². The largest absolute Gasteiger partial charge is 0.315 e. The molecule has 2 N–H and O–H groups in total. The Hall–Kier alpha value is -1.03. The first-order chi connectivity index (χ1) is 9.83. The van der Waals surface area contributed by atoms with Gasteiger partial charge in [-0.3, -0.25) is 4.72 Å². The zero-order chi connectivity index (χ0) is 15.6. The molecule has 21 heavy (non-hydrogen) atoms. The van der Waals surface area contributed by atoms with E-state index >= 15 is 0 Å². The highest BCUT2D eigenvalue weighted by molar-refractivity contribution is 9.11. The number of nitrogens with one attached hydrogen (secondary N) is 2. The molecule has 4 nitrogen and oxygen atoms in total. The maximum absolute atomic E-state index is 13.5. The van der Waals surface area contributed by atoms with Crippen molar-refractivity contribution >= 4 is 43.0 Å². The minimum Gasteiger partial charge on any atom is -0.315 e. The molecule has 0 aliphatic carbocycles. The highest BCUT2D eigenvalue weighted by Crippen LogP contribution is 2.33. The number of anilines is 1. The van der Waals surface area contributed by atoms with Crippen molar-refractivity contribution in [2.45, 2.75) is 11.4 Å². The van der Waals surface area contributed by atoms with Crippen LogP contribution in [0.1, 0.15) is 4.88 Å². The summed E-state index contributed by atoms with van der Waals surface area (Å²) in [6, 6.07) is 4.05. The molecule has 1 heterocycles. The summed E-state index contributed by atoms with van der Waals surface area (Å²) >= 11 is 4.42. The van der Waals surface area contributed by atoms with E-state index in [1.165, 1.54) is 17.4 Å². The molecule has 0 unspecified atom stereocenters. The van der Waals surface area contributed by atoms with E-state index in [9.17, 15) is 17.2 Å². The van der Waals surface area contributed by atoms with Gasteiger partial charge in [0.15, 0.2) is 0 Å². The van der Waals surface area contributed by atoms with Gasteiger partial charge in [0.2, 0.25) is 0 Å². The minimum atomic E-state index is -4.00. The Kier molecular flexibility index (Phi) is 4.97. The van der Waals surface area contributed by atoms with E-state index in [1.807, 2.05) is 0 Å². The lowest BCUT2D eigenvalue weighted by atomic mass is 10.3. The second-order valence-electron chi connectivity index (χ2n) is 4.11. The van der Waals surface area contributed by atoms with Crippen molar-refractivity contribution < 1.29 is 17.2 Å². The summed E-state index contributed by atoms with van der Waals surface area (Å²) in [4.78, 5) is 0.783. The Morgan fingerprint density at radius 3 is 2.67 bits per heavy atom. The van der Waals surface area contributed by atoms with Gasteiger partial charge in [0.25, 0.3) is 10.0 Å². The molecule has 0 saturated heterocycles. The van der Waals surface area contributed by atoms with Gasteiger partial charge in [-0.25, -0.2) is 17.2 Å². The lowest BCUT2D eigenvalue weighted by Crippen LogP contribution is -2.14. The number of rotatable bonds is 5. The quantitative estimate of drug-likeness (QED) is 0.814. The van der Waals surface area contributed by atoms with Crippen LogP contribution >= 0.6 is 27.3 Å². The molecule has 0 atom stereocenters. The predicted octanol–water partition coefficient (Wildman–Crippen LogP) is 3.31. The topological polar surface area (TPSA) is 58.2 Å². The summed E-state index contributed by atoms with van der Waals surface area (Å²) in [5, 5.41) is 2.91. The van der Waals surface area contributed by atoms with Crippen LogP contribution in [0.4, 0.5) is 14.5 Å². The van der Waals surface area contributed by atoms with E-state index in [0.717, 1.165) is 23.1 Å². The zero-order valence-corrected chi connectivity index (χ0v) is 14.0. The van der Waals surface area contributed by atoms with Crippen LogP contribution in [0.3, 0.4) is 0 Å². The molecule has 0 aliphatic heterocycles. The van der Waals surface area contributed by atoms with Crippen LogP contribution in [-0.2, 0) is 16.6 Å². The van der Waals surface area contributed by atoms with Crippen molar-refractivity contribution in [2.75, 3.05) is 11.8 Å². The standard InChI is InChI=1S/C12H11BrF2N2O2S2/c1-16-6-8-5-11(12(13)20-8)21(18,19)17-10-4-7(14)2-3-9(10)15/h2-5,16-17H,6H2,1H3. The van der Waals surface area contributed by atoms with Crippen LogP contribution in [0.15, 0.2) is 32.9 Å². The van der Waals surface area contributed by atoms with Crippen molar-refractivity contribution in [3.05, 3.63) is 44.6 Å². The average Bonchev–Trinajstić information content (AvgIpc) is 2.76. The van der Waals surface area contributed by atoms with Crippen LogP contribution < -0.4 is 10.0 Å².